The van der Waals surface area contributed by atoms with Gasteiger partial charge in [-0.15, -0.1) is 0 Å². The lowest BCUT2D eigenvalue weighted by Crippen LogP contribution is -2.44. The van der Waals surface area contributed by atoms with Gasteiger partial charge in [-0.25, -0.2) is 12.7 Å². The average molecular weight is 275 g/mol. The normalized spacial score (nSPS) is 26.7. The summed E-state index contributed by atoms with van der Waals surface area (Å²) < 4.78 is 24.8. The molecule has 1 unspecified atom stereocenters. The first kappa shape index (κ1) is 14.2. The lowest BCUT2D eigenvalue weighted by Gasteiger charge is -2.34. The van der Waals surface area contributed by atoms with Crippen LogP contribution in [0.1, 0.15) is 25.7 Å². The molecule has 2 aliphatic rings. The Bertz CT molecular complexity index is 368. The predicted octanol–water partition coefficient (Wildman–Crippen LogP) is 0.0811. The van der Waals surface area contributed by atoms with E-state index in [1.807, 2.05) is 0 Å². The van der Waals surface area contributed by atoms with E-state index in [9.17, 15) is 8.42 Å². The summed E-state index contributed by atoms with van der Waals surface area (Å²) in [4.78, 5) is 2.45. The van der Waals surface area contributed by atoms with E-state index < -0.39 is 10.0 Å². The molecule has 0 spiro atoms. The molecule has 5 nitrogen and oxygen atoms in total. The Morgan fingerprint density at radius 2 is 2.06 bits per heavy atom. The first-order valence-corrected chi connectivity index (χ1v) is 8.75. The van der Waals surface area contributed by atoms with Crippen LogP contribution in [0, 0.1) is 5.92 Å². The van der Waals surface area contributed by atoms with Crippen molar-refractivity contribution in [2.75, 3.05) is 39.0 Å². The highest BCUT2D eigenvalue weighted by atomic mass is 32.2. The minimum Gasteiger partial charge on any atom is -0.329 e. The molecule has 0 amide bonds. The smallest absolute Gasteiger partial charge is 0.211 e. The number of nitrogens with zero attached hydrogens (tertiary/aromatic N) is 2. The summed E-state index contributed by atoms with van der Waals surface area (Å²) >= 11 is 0. The molecule has 1 saturated heterocycles. The molecule has 0 aromatic rings. The van der Waals surface area contributed by atoms with Crippen LogP contribution in [0.3, 0.4) is 0 Å². The maximum absolute atomic E-state index is 11.6. The average Bonchev–Trinajstić information content (AvgIpc) is 3.11. The maximum atomic E-state index is 11.6. The standard InChI is InChI=1S/C12H25N3O2S/c1-18(16,17)15-7-2-3-11(10-15)9-14(8-6-13)12-4-5-12/h11-12H,2-10,13H2,1H3. The van der Waals surface area contributed by atoms with Crippen molar-refractivity contribution in [2.24, 2.45) is 11.7 Å². The fourth-order valence-electron chi connectivity index (χ4n) is 2.84. The molecule has 6 heteroatoms. The van der Waals surface area contributed by atoms with Gasteiger partial charge < -0.3 is 5.73 Å². The Labute approximate surface area is 110 Å². The van der Waals surface area contributed by atoms with Crippen LogP contribution >= 0.6 is 0 Å². The van der Waals surface area contributed by atoms with E-state index in [2.05, 4.69) is 4.90 Å². The third-order valence-electron chi connectivity index (χ3n) is 3.92. The van der Waals surface area contributed by atoms with Crippen molar-refractivity contribution in [1.82, 2.24) is 9.21 Å². The first-order valence-electron chi connectivity index (χ1n) is 6.90. The molecule has 0 aromatic heterocycles. The fourth-order valence-corrected chi connectivity index (χ4v) is 3.78. The monoisotopic (exact) mass is 275 g/mol. The minimum absolute atomic E-state index is 0.473. The molecule has 18 heavy (non-hydrogen) atoms. The van der Waals surface area contributed by atoms with Gasteiger partial charge in [0, 0.05) is 38.8 Å². The summed E-state index contributed by atoms with van der Waals surface area (Å²) in [6.45, 7) is 4.02. The molecule has 1 atom stereocenters. The topological polar surface area (TPSA) is 66.6 Å². The molecule has 1 aliphatic heterocycles. The second-order valence-electron chi connectivity index (χ2n) is 5.64. The number of hydrogen-bond acceptors (Lipinski definition) is 4. The highest BCUT2D eigenvalue weighted by Crippen LogP contribution is 2.29. The predicted molar refractivity (Wildman–Crippen MR) is 72.8 cm³/mol. The van der Waals surface area contributed by atoms with Crippen molar-refractivity contribution in [3.8, 4) is 0 Å². The third-order valence-corrected chi connectivity index (χ3v) is 5.19. The molecule has 2 N–H and O–H groups in total. The molecule has 1 heterocycles. The van der Waals surface area contributed by atoms with Gasteiger partial charge >= 0.3 is 0 Å². The first-order chi connectivity index (χ1) is 8.50. The van der Waals surface area contributed by atoms with E-state index in [1.165, 1.54) is 19.1 Å². The van der Waals surface area contributed by atoms with Crippen molar-refractivity contribution in [3.05, 3.63) is 0 Å². The number of nitrogens with two attached hydrogens (primary N) is 1. The summed E-state index contributed by atoms with van der Waals surface area (Å²) in [7, 11) is -3.02. The summed E-state index contributed by atoms with van der Waals surface area (Å²) in [5.41, 5.74) is 5.65. The number of piperidine rings is 1. The van der Waals surface area contributed by atoms with Crippen molar-refractivity contribution in [1.29, 1.82) is 0 Å². The molecule has 0 aromatic carbocycles. The molecule has 0 bridgehead atoms. The molecule has 106 valence electrons. The lowest BCUT2D eigenvalue weighted by atomic mass is 9.99. The van der Waals surface area contributed by atoms with Crippen molar-refractivity contribution in [3.63, 3.8) is 0 Å². The van der Waals surface area contributed by atoms with E-state index in [0.29, 0.717) is 31.6 Å². The van der Waals surface area contributed by atoms with Gasteiger partial charge in [0.1, 0.15) is 0 Å². The van der Waals surface area contributed by atoms with Crippen molar-refractivity contribution in [2.45, 2.75) is 31.7 Å². The second-order valence-corrected chi connectivity index (χ2v) is 7.63. The van der Waals surface area contributed by atoms with Crippen LogP contribution in [0.4, 0.5) is 0 Å². The van der Waals surface area contributed by atoms with Gasteiger partial charge in [0.25, 0.3) is 0 Å². The molecular weight excluding hydrogens is 250 g/mol. The van der Waals surface area contributed by atoms with E-state index in [1.54, 1.807) is 4.31 Å². The Kier molecular flexibility index (Phi) is 4.64. The zero-order valence-electron chi connectivity index (χ0n) is 11.2. The van der Waals surface area contributed by atoms with Crippen LogP contribution in [-0.4, -0.2) is 62.6 Å². The zero-order valence-corrected chi connectivity index (χ0v) is 12.0. The van der Waals surface area contributed by atoms with Crippen molar-refractivity contribution >= 4 is 10.0 Å². The zero-order chi connectivity index (χ0) is 13.2. The van der Waals surface area contributed by atoms with E-state index in [0.717, 1.165) is 25.9 Å². The van der Waals surface area contributed by atoms with E-state index >= 15 is 0 Å². The van der Waals surface area contributed by atoms with Crippen LogP contribution in [0.25, 0.3) is 0 Å². The summed E-state index contributed by atoms with van der Waals surface area (Å²) in [6, 6.07) is 0.710. The van der Waals surface area contributed by atoms with Gasteiger partial charge in [-0.05, 0) is 31.6 Å². The maximum Gasteiger partial charge on any atom is 0.211 e. The molecule has 0 radical (unpaired) electrons. The number of sulfonamides is 1. The quantitative estimate of drug-likeness (QED) is 0.745. The Morgan fingerprint density at radius 1 is 1.33 bits per heavy atom. The van der Waals surface area contributed by atoms with E-state index in [-0.39, 0.29) is 0 Å². The summed E-state index contributed by atoms with van der Waals surface area (Å²) in [6.07, 6.45) is 6.00. The molecule has 2 fully saturated rings. The van der Waals surface area contributed by atoms with E-state index in [4.69, 9.17) is 5.73 Å². The van der Waals surface area contributed by atoms with Crippen LogP contribution in [0.2, 0.25) is 0 Å². The van der Waals surface area contributed by atoms with Gasteiger partial charge in [0.05, 0.1) is 6.26 Å². The molecule has 1 aliphatic carbocycles. The van der Waals surface area contributed by atoms with Crippen molar-refractivity contribution < 1.29 is 8.42 Å². The Hall–Kier alpha value is -0.170. The highest BCUT2D eigenvalue weighted by molar-refractivity contribution is 7.88. The second kappa shape index (κ2) is 5.86. The van der Waals surface area contributed by atoms with Gasteiger partial charge in [0.15, 0.2) is 0 Å². The van der Waals surface area contributed by atoms with Crippen LogP contribution < -0.4 is 5.73 Å². The van der Waals surface area contributed by atoms with Gasteiger partial charge in [0.2, 0.25) is 10.0 Å². The molecule has 1 saturated carbocycles. The van der Waals surface area contributed by atoms with Gasteiger partial charge in [-0.2, -0.15) is 0 Å². The SMILES string of the molecule is CS(=O)(=O)N1CCCC(CN(CCN)C2CC2)C1. The lowest BCUT2D eigenvalue weighted by molar-refractivity contribution is 0.175. The van der Waals surface area contributed by atoms with Crippen LogP contribution in [-0.2, 0) is 10.0 Å². The minimum atomic E-state index is -3.02. The number of hydrogen-bond donors (Lipinski definition) is 1. The highest BCUT2D eigenvalue weighted by Gasteiger charge is 2.32. The summed E-state index contributed by atoms with van der Waals surface area (Å²) in [5.74, 6) is 0.473. The Balaban J connectivity index is 1.88. The number of rotatable bonds is 6. The largest absolute Gasteiger partial charge is 0.329 e. The third kappa shape index (κ3) is 3.91. The van der Waals surface area contributed by atoms with Crippen LogP contribution in [0.15, 0.2) is 0 Å². The Morgan fingerprint density at radius 3 is 2.61 bits per heavy atom. The van der Waals surface area contributed by atoms with Gasteiger partial charge in [-0.1, -0.05) is 0 Å². The van der Waals surface area contributed by atoms with Crippen LogP contribution in [0.5, 0.6) is 0 Å². The van der Waals surface area contributed by atoms with Gasteiger partial charge in [-0.3, -0.25) is 4.90 Å². The molecule has 2 rings (SSSR count). The fraction of sp³-hybridized carbons (Fsp3) is 1.00. The summed E-state index contributed by atoms with van der Waals surface area (Å²) in [5, 5.41) is 0. The molecular formula is C12H25N3O2S.